The van der Waals surface area contributed by atoms with Crippen LogP contribution < -0.4 is 10.1 Å². The third kappa shape index (κ3) is 4.52. The van der Waals surface area contributed by atoms with E-state index < -0.39 is 0 Å². The van der Waals surface area contributed by atoms with E-state index in [-0.39, 0.29) is 5.91 Å². The first kappa shape index (κ1) is 19.7. The quantitative estimate of drug-likeness (QED) is 0.475. The summed E-state index contributed by atoms with van der Waals surface area (Å²) in [5, 5.41) is 6.91. The number of nitrogens with one attached hydrogen (secondary N) is 1. The molecule has 1 amide bonds. The molecule has 0 saturated carbocycles. The molecule has 9 heteroatoms. The normalized spacial score (nSPS) is 10.7. The second-order valence-electron chi connectivity index (χ2n) is 6.58. The van der Waals surface area contributed by atoms with Crippen molar-refractivity contribution < 1.29 is 9.53 Å². The van der Waals surface area contributed by atoms with Crippen LogP contribution in [0, 0.1) is 6.92 Å². The molecule has 4 rings (SSSR count). The van der Waals surface area contributed by atoms with Crippen molar-refractivity contribution >= 4 is 23.1 Å². The molecule has 1 N–H and O–H groups in total. The molecule has 0 aliphatic carbocycles. The molecule has 0 saturated heterocycles. The lowest BCUT2D eigenvalue weighted by Crippen LogP contribution is -2.12. The molecule has 0 unspecified atom stereocenters. The van der Waals surface area contributed by atoms with Gasteiger partial charge in [0.25, 0.3) is 5.91 Å². The third-order valence-electron chi connectivity index (χ3n) is 4.25. The molecule has 1 aromatic carbocycles. The van der Waals surface area contributed by atoms with Crippen LogP contribution in [0.15, 0.2) is 54.9 Å². The molecular weight excluding hydrogens is 400 g/mol. The molecule has 8 nitrogen and oxygen atoms in total. The molecule has 0 aliphatic heterocycles. The van der Waals surface area contributed by atoms with Gasteiger partial charge in [-0.25, -0.2) is 4.98 Å². The van der Waals surface area contributed by atoms with E-state index in [0.717, 1.165) is 35.9 Å². The lowest BCUT2D eigenvalue weighted by atomic mass is 10.2. The first-order valence-electron chi connectivity index (χ1n) is 9.52. The van der Waals surface area contributed by atoms with Crippen LogP contribution in [0.2, 0.25) is 0 Å². The van der Waals surface area contributed by atoms with E-state index in [4.69, 9.17) is 4.74 Å². The highest BCUT2D eigenvalue weighted by Gasteiger charge is 2.16. The van der Waals surface area contributed by atoms with E-state index in [9.17, 15) is 4.79 Å². The smallest absolute Gasteiger partial charge is 0.269 e. The number of carbonyl (C=O) groups is 1. The highest BCUT2D eigenvalue weighted by Crippen LogP contribution is 2.24. The monoisotopic (exact) mass is 420 g/mol. The van der Waals surface area contributed by atoms with E-state index in [1.807, 2.05) is 42.9 Å². The maximum Gasteiger partial charge on any atom is 0.269 e. The van der Waals surface area contributed by atoms with E-state index in [2.05, 4.69) is 24.9 Å². The predicted octanol–water partition coefficient (Wildman–Crippen LogP) is 4.42. The van der Waals surface area contributed by atoms with Gasteiger partial charge in [0.1, 0.15) is 22.3 Å². The van der Waals surface area contributed by atoms with Gasteiger partial charge < -0.3 is 14.6 Å². The van der Waals surface area contributed by atoms with Gasteiger partial charge >= 0.3 is 0 Å². The summed E-state index contributed by atoms with van der Waals surface area (Å²) in [6, 6.07) is 12.7. The fourth-order valence-corrected chi connectivity index (χ4v) is 3.50. The van der Waals surface area contributed by atoms with Crippen LogP contribution in [-0.4, -0.2) is 30.0 Å². The molecule has 0 aliphatic rings. The Kier molecular flexibility index (Phi) is 5.80. The van der Waals surface area contributed by atoms with Gasteiger partial charge in [-0.15, -0.1) is 5.10 Å². The molecule has 30 heavy (non-hydrogen) atoms. The third-order valence-corrected chi connectivity index (χ3v) is 5.02. The Morgan fingerprint density at radius 1 is 1.17 bits per heavy atom. The number of anilines is 1. The van der Waals surface area contributed by atoms with Crippen LogP contribution in [0.25, 0.3) is 5.82 Å². The topological polar surface area (TPSA) is 94.8 Å². The Bertz CT molecular complexity index is 1140. The molecule has 0 fully saturated rings. The minimum atomic E-state index is -0.204. The zero-order chi connectivity index (χ0) is 20.9. The summed E-state index contributed by atoms with van der Waals surface area (Å²) >= 11 is 1.11. The van der Waals surface area contributed by atoms with Crippen molar-refractivity contribution in [1.82, 2.24) is 24.1 Å². The van der Waals surface area contributed by atoms with Crippen molar-refractivity contribution in [3.63, 3.8) is 0 Å². The summed E-state index contributed by atoms with van der Waals surface area (Å²) in [7, 11) is 0. The fraction of sp³-hybridized carbons (Fsp3) is 0.190. The first-order valence-corrected chi connectivity index (χ1v) is 10.3. The van der Waals surface area contributed by atoms with Gasteiger partial charge in [-0.1, -0.05) is 17.8 Å². The number of nitrogens with zero attached hydrogens (tertiary/aromatic N) is 5. The standard InChI is InChI=1S/C21H20N6O2S/c1-3-6-17-20(30-26-25-17)21(28)24-15-7-9-16(10-8-15)29-19-13-18(22-14(2)23-19)27-11-4-5-12-27/h4-5,7-13H,3,6H2,1-2H3,(H,24,28). The highest BCUT2D eigenvalue weighted by atomic mass is 32.1. The lowest BCUT2D eigenvalue weighted by Gasteiger charge is -2.09. The van der Waals surface area contributed by atoms with Gasteiger partial charge in [0.05, 0.1) is 5.69 Å². The van der Waals surface area contributed by atoms with Crippen molar-refractivity contribution in [2.45, 2.75) is 26.7 Å². The van der Waals surface area contributed by atoms with Crippen molar-refractivity contribution in [3.8, 4) is 17.4 Å². The summed E-state index contributed by atoms with van der Waals surface area (Å²) < 4.78 is 11.7. The second-order valence-corrected chi connectivity index (χ2v) is 7.34. The molecule has 0 atom stereocenters. The highest BCUT2D eigenvalue weighted by molar-refractivity contribution is 7.08. The maximum atomic E-state index is 12.5. The summed E-state index contributed by atoms with van der Waals surface area (Å²) in [5.41, 5.74) is 1.40. The van der Waals surface area contributed by atoms with Gasteiger partial charge in [-0.2, -0.15) is 4.98 Å². The Morgan fingerprint density at radius 3 is 2.67 bits per heavy atom. The molecular formula is C21H20N6O2S. The number of aryl methyl sites for hydroxylation is 2. The average molecular weight is 420 g/mol. The van der Waals surface area contributed by atoms with Gasteiger partial charge in [0.15, 0.2) is 0 Å². The average Bonchev–Trinajstić information content (AvgIpc) is 3.41. The number of hydrogen-bond acceptors (Lipinski definition) is 7. The van der Waals surface area contributed by atoms with Gasteiger partial charge in [0.2, 0.25) is 5.88 Å². The van der Waals surface area contributed by atoms with E-state index in [1.54, 1.807) is 30.3 Å². The molecule has 3 aromatic heterocycles. The molecule has 0 bridgehead atoms. The lowest BCUT2D eigenvalue weighted by molar-refractivity contribution is 0.102. The largest absolute Gasteiger partial charge is 0.439 e. The van der Waals surface area contributed by atoms with Crippen LogP contribution in [0.1, 0.15) is 34.5 Å². The Morgan fingerprint density at radius 2 is 1.93 bits per heavy atom. The summed E-state index contributed by atoms with van der Waals surface area (Å²) in [4.78, 5) is 21.8. The number of benzene rings is 1. The molecule has 152 valence electrons. The van der Waals surface area contributed by atoms with Crippen LogP contribution in [0.4, 0.5) is 5.69 Å². The molecule has 4 aromatic rings. The summed E-state index contributed by atoms with van der Waals surface area (Å²) in [6.07, 6.45) is 5.46. The first-order chi connectivity index (χ1) is 14.6. The van der Waals surface area contributed by atoms with Crippen molar-refractivity contribution in [1.29, 1.82) is 0 Å². The zero-order valence-electron chi connectivity index (χ0n) is 16.6. The van der Waals surface area contributed by atoms with Crippen molar-refractivity contribution in [2.75, 3.05) is 5.32 Å². The SMILES string of the molecule is CCCc1nnsc1C(=O)Nc1ccc(Oc2cc(-n3cccc3)nc(C)n2)cc1. The summed E-state index contributed by atoms with van der Waals surface area (Å²) in [5.74, 6) is 2.19. The molecule has 0 radical (unpaired) electrons. The minimum Gasteiger partial charge on any atom is -0.439 e. The van der Waals surface area contributed by atoms with E-state index in [0.29, 0.717) is 28.0 Å². The zero-order valence-corrected chi connectivity index (χ0v) is 17.4. The minimum absolute atomic E-state index is 0.204. The molecule has 3 heterocycles. The Balaban J connectivity index is 1.45. The van der Waals surface area contributed by atoms with Crippen LogP contribution in [0.5, 0.6) is 11.6 Å². The Labute approximate surface area is 177 Å². The number of aromatic nitrogens is 5. The van der Waals surface area contributed by atoms with Gasteiger partial charge in [0, 0.05) is 24.1 Å². The number of ether oxygens (including phenoxy) is 1. The van der Waals surface area contributed by atoms with Crippen molar-refractivity contribution in [2.24, 2.45) is 0 Å². The van der Waals surface area contributed by atoms with Crippen LogP contribution in [-0.2, 0) is 6.42 Å². The molecule has 0 spiro atoms. The number of hydrogen-bond donors (Lipinski definition) is 1. The van der Waals surface area contributed by atoms with E-state index >= 15 is 0 Å². The Hall–Kier alpha value is -3.59. The fourth-order valence-electron chi connectivity index (χ4n) is 2.89. The number of amides is 1. The number of carbonyl (C=O) groups excluding carboxylic acids is 1. The predicted molar refractivity (Wildman–Crippen MR) is 114 cm³/mol. The second kappa shape index (κ2) is 8.83. The maximum absolute atomic E-state index is 12.5. The number of rotatable bonds is 7. The van der Waals surface area contributed by atoms with Crippen LogP contribution in [0.3, 0.4) is 0 Å². The van der Waals surface area contributed by atoms with E-state index in [1.165, 1.54) is 0 Å². The van der Waals surface area contributed by atoms with Gasteiger partial charge in [-0.3, -0.25) is 4.79 Å². The summed E-state index contributed by atoms with van der Waals surface area (Å²) in [6.45, 7) is 3.86. The van der Waals surface area contributed by atoms with Crippen molar-refractivity contribution in [3.05, 3.63) is 71.3 Å². The van der Waals surface area contributed by atoms with Crippen LogP contribution >= 0.6 is 11.5 Å². The van der Waals surface area contributed by atoms with Gasteiger partial charge in [-0.05, 0) is 61.3 Å².